The number of hydrogen-bond acceptors (Lipinski definition) is 8. The molecule has 12 nitrogen and oxygen atoms in total. The van der Waals surface area contributed by atoms with Crippen molar-refractivity contribution in [1.82, 2.24) is 19.6 Å². The molecule has 1 fully saturated rings. The van der Waals surface area contributed by atoms with Crippen LogP contribution in [0.2, 0.25) is 0 Å². The lowest BCUT2D eigenvalue weighted by Crippen LogP contribution is -2.61. The number of carboxylic acid groups (broad SMARTS) is 4. The summed E-state index contributed by atoms with van der Waals surface area (Å²) >= 11 is 14.0. The Balaban J connectivity index is 1.74. The zero-order valence-corrected chi connectivity index (χ0v) is 39.1. The van der Waals surface area contributed by atoms with Gasteiger partial charge in [-0.05, 0) is 96.5 Å². The number of benzene rings is 4. The number of halogens is 4. The smallest absolute Gasteiger partial charge is 0.317 e. The van der Waals surface area contributed by atoms with Gasteiger partial charge in [-0.25, -0.2) is 0 Å². The van der Waals surface area contributed by atoms with Gasteiger partial charge < -0.3 is 20.4 Å². The highest BCUT2D eigenvalue weighted by Crippen LogP contribution is 2.25. The number of aliphatic carboxylic acids is 4. The van der Waals surface area contributed by atoms with E-state index in [1.54, 1.807) is 0 Å². The third-order valence-electron chi connectivity index (χ3n) is 10.7. The molecule has 1 saturated heterocycles. The number of carboxylic acids is 4. The van der Waals surface area contributed by atoms with E-state index in [-0.39, 0.29) is 52.4 Å². The van der Waals surface area contributed by atoms with Crippen LogP contribution < -0.4 is 0 Å². The lowest BCUT2D eigenvalue weighted by Gasteiger charge is -2.45. The molecule has 0 aromatic heterocycles. The summed E-state index contributed by atoms with van der Waals surface area (Å²) in [6, 6.07) is 28.5. The maximum absolute atomic E-state index is 12.8. The Morgan fingerprint density at radius 1 is 0.367 bits per heavy atom. The van der Waals surface area contributed by atoms with Gasteiger partial charge in [0.1, 0.15) is 0 Å². The first-order chi connectivity index (χ1) is 28.6. The average Bonchev–Trinajstić information content (AvgIpc) is 3.18. The van der Waals surface area contributed by atoms with Gasteiger partial charge >= 0.3 is 23.9 Å². The van der Waals surface area contributed by atoms with Crippen molar-refractivity contribution in [3.8, 4) is 0 Å². The molecule has 16 heteroatoms. The summed E-state index contributed by atoms with van der Waals surface area (Å²) in [6.45, 7) is -1.04. The molecule has 0 saturated carbocycles. The fourth-order valence-corrected chi connectivity index (χ4v) is 9.01. The zero-order valence-electron chi connectivity index (χ0n) is 32.8. The highest BCUT2D eigenvalue weighted by Gasteiger charge is 2.37. The van der Waals surface area contributed by atoms with Crippen LogP contribution in [-0.2, 0) is 44.9 Å². The maximum atomic E-state index is 12.8. The number of nitrogens with zero attached hydrogens (tertiary/aromatic N) is 4. The van der Waals surface area contributed by atoms with Gasteiger partial charge in [0.2, 0.25) is 0 Å². The molecular formula is C44H48Br4N4O8. The van der Waals surface area contributed by atoms with E-state index in [4.69, 9.17) is 0 Å². The van der Waals surface area contributed by atoms with Crippen LogP contribution in [0.1, 0.15) is 22.3 Å². The molecule has 4 aromatic rings. The minimum Gasteiger partial charge on any atom is -0.480 e. The van der Waals surface area contributed by atoms with E-state index in [0.717, 1.165) is 40.1 Å². The summed E-state index contributed by atoms with van der Waals surface area (Å²) in [7, 11) is 0. The minimum atomic E-state index is -1.08. The van der Waals surface area contributed by atoms with Crippen molar-refractivity contribution in [2.75, 3.05) is 52.4 Å². The summed E-state index contributed by atoms with van der Waals surface area (Å²) in [5.74, 6) is -4.31. The van der Waals surface area contributed by atoms with Gasteiger partial charge in [-0.3, -0.25) is 38.8 Å². The molecule has 320 valence electrons. The summed E-state index contributed by atoms with van der Waals surface area (Å²) in [4.78, 5) is 58.7. The molecule has 4 N–H and O–H groups in total. The molecule has 0 radical (unpaired) electrons. The first-order valence-corrected chi connectivity index (χ1v) is 22.6. The highest BCUT2D eigenvalue weighted by molar-refractivity contribution is 9.11. The molecule has 4 aromatic carbocycles. The molecule has 1 aliphatic rings. The van der Waals surface area contributed by atoms with Crippen molar-refractivity contribution in [3.63, 3.8) is 0 Å². The van der Waals surface area contributed by atoms with Gasteiger partial charge in [0.15, 0.2) is 0 Å². The van der Waals surface area contributed by atoms with Gasteiger partial charge in [0, 0.05) is 68.2 Å². The monoisotopic (exact) mass is 1080 g/mol. The molecule has 5 rings (SSSR count). The first kappa shape index (κ1) is 47.6. The van der Waals surface area contributed by atoms with Gasteiger partial charge in [0.05, 0.1) is 26.2 Å². The van der Waals surface area contributed by atoms with Crippen molar-refractivity contribution in [2.45, 2.75) is 49.9 Å². The van der Waals surface area contributed by atoms with Crippen molar-refractivity contribution in [3.05, 3.63) is 137 Å². The third-order valence-corrected chi connectivity index (χ3v) is 12.9. The molecule has 0 unspecified atom stereocenters. The van der Waals surface area contributed by atoms with Crippen LogP contribution in [-0.4, -0.2) is 140 Å². The third kappa shape index (κ3) is 15.5. The molecule has 0 aliphatic carbocycles. The molecule has 1 aliphatic heterocycles. The number of rotatable bonds is 16. The van der Waals surface area contributed by atoms with Crippen LogP contribution in [0.25, 0.3) is 0 Å². The van der Waals surface area contributed by atoms with Crippen LogP contribution in [0.15, 0.2) is 115 Å². The van der Waals surface area contributed by atoms with Gasteiger partial charge in [-0.15, -0.1) is 0 Å². The number of carbonyl (C=O) groups is 4. The van der Waals surface area contributed by atoms with E-state index >= 15 is 0 Å². The lowest BCUT2D eigenvalue weighted by atomic mass is 9.96. The van der Waals surface area contributed by atoms with Gasteiger partial charge in [-0.2, -0.15) is 0 Å². The Kier molecular flexibility index (Phi) is 18.3. The fourth-order valence-electron chi connectivity index (χ4n) is 7.96. The van der Waals surface area contributed by atoms with Crippen LogP contribution in [0.5, 0.6) is 0 Å². The molecule has 60 heavy (non-hydrogen) atoms. The Bertz CT molecular complexity index is 1750. The van der Waals surface area contributed by atoms with Crippen molar-refractivity contribution < 1.29 is 39.6 Å². The van der Waals surface area contributed by atoms with Crippen LogP contribution in [0.4, 0.5) is 0 Å². The van der Waals surface area contributed by atoms with E-state index in [9.17, 15) is 39.6 Å². The van der Waals surface area contributed by atoms with Crippen LogP contribution >= 0.6 is 63.7 Å². The van der Waals surface area contributed by atoms with E-state index in [1.807, 2.05) is 117 Å². The second kappa shape index (κ2) is 23.1. The molecule has 0 amide bonds. The van der Waals surface area contributed by atoms with Gasteiger partial charge in [0.25, 0.3) is 0 Å². The fraction of sp³-hybridized carbons (Fsp3) is 0.364. The van der Waals surface area contributed by atoms with Crippen molar-refractivity contribution in [1.29, 1.82) is 0 Å². The van der Waals surface area contributed by atoms with Crippen LogP contribution in [0.3, 0.4) is 0 Å². The van der Waals surface area contributed by atoms with E-state index in [2.05, 4.69) is 63.7 Å². The van der Waals surface area contributed by atoms with Gasteiger partial charge in [-0.1, -0.05) is 112 Å². The largest absolute Gasteiger partial charge is 0.480 e. The van der Waals surface area contributed by atoms with Crippen molar-refractivity contribution >= 4 is 87.6 Å². The number of hydrogen-bond donors (Lipinski definition) is 4. The molecule has 0 spiro atoms. The lowest BCUT2D eigenvalue weighted by molar-refractivity contribution is -0.144. The Labute approximate surface area is 383 Å². The molecule has 1 heterocycles. The highest BCUT2D eigenvalue weighted by atomic mass is 79.9. The summed E-state index contributed by atoms with van der Waals surface area (Å²) in [5.41, 5.74) is 3.61. The maximum Gasteiger partial charge on any atom is 0.317 e. The zero-order chi connectivity index (χ0) is 43.3. The summed E-state index contributed by atoms with van der Waals surface area (Å²) < 4.78 is 3.46. The summed E-state index contributed by atoms with van der Waals surface area (Å²) in [5, 5.41) is 41.9. The predicted octanol–water partition coefficient (Wildman–Crippen LogP) is 7.04. The normalized spacial score (nSPS) is 20.2. The Hall–Kier alpha value is -3.48. The molecule has 4 atom stereocenters. The average molecular weight is 1080 g/mol. The van der Waals surface area contributed by atoms with Crippen molar-refractivity contribution in [2.24, 2.45) is 0 Å². The Morgan fingerprint density at radius 3 is 0.683 bits per heavy atom. The standard InChI is InChI=1S/C44H48Br4N4O8/c45-33-9-1-29(2-10-33)17-37-21-50(26-42(55)56)39(19-31-5-13-35(47)14-6-31)23-52(28-44(59)60)40(20-32-7-15-36(48)16-8-32)24-51(27-43(57)58)38(22-49(37)25-41(53)54)18-30-3-11-34(46)12-4-30/h1-16,37-40H,17-28H2,(H,53,54)(H,55,56)(H,57,58)(H,59,60)/t37-,38-,39-,40-/m0/s1. The molecular weight excluding hydrogens is 1030 g/mol. The quantitative estimate of drug-likeness (QED) is 0.0908. The second-order valence-corrected chi connectivity index (χ2v) is 18.9. The van der Waals surface area contributed by atoms with E-state index in [0.29, 0.717) is 25.7 Å². The topological polar surface area (TPSA) is 162 Å². The second-order valence-electron chi connectivity index (χ2n) is 15.2. The SMILES string of the molecule is O=C(O)CN1C[C@H](Cc2ccc(Br)cc2)N(CC(=O)O)C[C@H](Cc2ccc(Br)cc2)N(CC(=O)O)C[C@H](Cc2ccc(Br)cc2)N(CC(=O)O)C[C@@H]1Cc1ccc(Br)cc1. The minimum absolute atomic E-state index is 0.124. The summed E-state index contributed by atoms with van der Waals surface area (Å²) in [6.07, 6.45) is 1.43. The molecule has 0 bridgehead atoms. The predicted molar refractivity (Wildman–Crippen MR) is 243 cm³/mol. The van der Waals surface area contributed by atoms with E-state index in [1.165, 1.54) is 0 Å². The van der Waals surface area contributed by atoms with E-state index < -0.39 is 48.0 Å². The Morgan fingerprint density at radius 2 is 0.533 bits per heavy atom. The van der Waals surface area contributed by atoms with Crippen LogP contribution in [0, 0.1) is 0 Å². The first-order valence-electron chi connectivity index (χ1n) is 19.4.